The van der Waals surface area contributed by atoms with E-state index in [1.807, 2.05) is 0 Å². The number of carbonyl (C=O) groups excluding carboxylic acids is 2. The van der Waals surface area contributed by atoms with Crippen LogP contribution in [0.3, 0.4) is 0 Å². The number of anilines is 1. The lowest BCUT2D eigenvalue weighted by Crippen LogP contribution is -2.12. The maximum absolute atomic E-state index is 11.7. The molecule has 0 fully saturated rings. The molecular formula is C14H15N3O2. The van der Waals surface area contributed by atoms with Crippen LogP contribution in [0.5, 0.6) is 0 Å². The van der Waals surface area contributed by atoms with Crippen LogP contribution in [0.2, 0.25) is 0 Å². The van der Waals surface area contributed by atoms with Crippen molar-refractivity contribution in [1.29, 1.82) is 0 Å². The number of hydrogen-bond donors (Lipinski definition) is 2. The minimum absolute atomic E-state index is 0.0112. The topological polar surface area (TPSA) is 74.8 Å². The predicted octanol–water partition coefficient (Wildman–Crippen LogP) is 2.18. The van der Waals surface area contributed by atoms with E-state index in [1.165, 1.54) is 6.92 Å². The first-order chi connectivity index (χ1) is 9.15. The van der Waals surface area contributed by atoms with Gasteiger partial charge >= 0.3 is 0 Å². The van der Waals surface area contributed by atoms with Gasteiger partial charge in [-0.25, -0.2) is 4.98 Å². The third-order valence-electron chi connectivity index (χ3n) is 2.75. The van der Waals surface area contributed by atoms with Crippen LogP contribution in [-0.2, 0) is 11.2 Å². The van der Waals surface area contributed by atoms with Gasteiger partial charge in [0.2, 0.25) is 5.91 Å². The Labute approximate surface area is 111 Å². The fourth-order valence-electron chi connectivity index (χ4n) is 1.68. The number of aromatic nitrogens is 2. The van der Waals surface area contributed by atoms with Crippen LogP contribution in [0.4, 0.5) is 5.69 Å². The van der Waals surface area contributed by atoms with Gasteiger partial charge < -0.3 is 10.3 Å². The van der Waals surface area contributed by atoms with Crippen LogP contribution in [0.25, 0.3) is 0 Å². The van der Waals surface area contributed by atoms with E-state index in [4.69, 9.17) is 0 Å². The third-order valence-corrected chi connectivity index (χ3v) is 2.75. The van der Waals surface area contributed by atoms with Crippen molar-refractivity contribution >= 4 is 17.4 Å². The normalized spacial score (nSPS) is 10.2. The number of carbonyl (C=O) groups is 2. The second-order valence-electron chi connectivity index (χ2n) is 4.26. The zero-order chi connectivity index (χ0) is 13.7. The predicted molar refractivity (Wildman–Crippen MR) is 72.0 cm³/mol. The Bertz CT molecular complexity index is 559. The van der Waals surface area contributed by atoms with Crippen LogP contribution in [0.15, 0.2) is 36.8 Å². The first kappa shape index (κ1) is 13.0. The molecule has 1 amide bonds. The summed E-state index contributed by atoms with van der Waals surface area (Å²) in [6.45, 7) is 1.51. The Hall–Kier alpha value is -2.43. The SMILES string of the molecule is CC(=O)c1ccc(NC(=O)CCc2cnc[nH]2)cc1. The molecule has 2 N–H and O–H groups in total. The van der Waals surface area contributed by atoms with E-state index < -0.39 is 0 Å². The van der Waals surface area contributed by atoms with Gasteiger partial charge in [-0.3, -0.25) is 9.59 Å². The van der Waals surface area contributed by atoms with E-state index in [0.717, 1.165) is 5.69 Å². The highest BCUT2D eigenvalue weighted by Crippen LogP contribution is 2.10. The summed E-state index contributed by atoms with van der Waals surface area (Å²) in [4.78, 5) is 29.7. The average molecular weight is 257 g/mol. The van der Waals surface area contributed by atoms with Crippen molar-refractivity contribution in [3.05, 3.63) is 48.0 Å². The molecule has 1 heterocycles. The zero-order valence-corrected chi connectivity index (χ0v) is 10.6. The van der Waals surface area contributed by atoms with Crippen LogP contribution >= 0.6 is 0 Å². The molecule has 0 aliphatic heterocycles. The lowest BCUT2D eigenvalue weighted by atomic mass is 10.1. The molecule has 2 aromatic rings. The number of aromatic amines is 1. The van der Waals surface area contributed by atoms with Crippen molar-refractivity contribution in [3.8, 4) is 0 Å². The number of aryl methyl sites for hydroxylation is 1. The van der Waals surface area contributed by atoms with Crippen molar-refractivity contribution in [2.45, 2.75) is 19.8 Å². The number of H-pyrrole nitrogens is 1. The molecule has 1 aromatic heterocycles. The number of Topliss-reactive ketones (excluding diaryl/α,β-unsaturated/α-hetero) is 1. The molecule has 5 nitrogen and oxygen atoms in total. The Kier molecular flexibility index (Phi) is 4.07. The van der Waals surface area contributed by atoms with Gasteiger partial charge in [-0.05, 0) is 37.6 Å². The maximum Gasteiger partial charge on any atom is 0.224 e. The molecule has 0 aliphatic carbocycles. The quantitative estimate of drug-likeness (QED) is 0.806. The smallest absolute Gasteiger partial charge is 0.224 e. The number of imidazole rings is 1. The number of rotatable bonds is 5. The lowest BCUT2D eigenvalue weighted by Gasteiger charge is -2.05. The number of hydrogen-bond acceptors (Lipinski definition) is 3. The zero-order valence-electron chi connectivity index (χ0n) is 10.6. The van der Waals surface area contributed by atoms with Gasteiger partial charge in [-0.1, -0.05) is 0 Å². The molecule has 2 rings (SSSR count). The first-order valence-electron chi connectivity index (χ1n) is 6.03. The van der Waals surface area contributed by atoms with Gasteiger partial charge in [0.05, 0.1) is 6.33 Å². The molecule has 0 saturated carbocycles. The highest BCUT2D eigenvalue weighted by molar-refractivity contribution is 5.95. The third kappa shape index (κ3) is 3.77. The standard InChI is InChI=1S/C14H15N3O2/c1-10(18)11-2-4-12(5-3-11)17-14(19)7-6-13-8-15-9-16-13/h2-5,8-9H,6-7H2,1H3,(H,15,16)(H,17,19). The molecule has 98 valence electrons. The van der Waals surface area contributed by atoms with E-state index in [0.29, 0.717) is 24.1 Å². The Morgan fingerprint density at radius 2 is 2.00 bits per heavy atom. The molecular weight excluding hydrogens is 242 g/mol. The summed E-state index contributed by atoms with van der Waals surface area (Å²) in [5.74, 6) is -0.0534. The molecule has 5 heteroatoms. The van der Waals surface area contributed by atoms with E-state index in [9.17, 15) is 9.59 Å². The maximum atomic E-state index is 11.7. The summed E-state index contributed by atoms with van der Waals surface area (Å²) in [7, 11) is 0. The van der Waals surface area contributed by atoms with Gasteiger partial charge in [0.1, 0.15) is 0 Å². The summed E-state index contributed by atoms with van der Waals surface area (Å²) in [6, 6.07) is 6.86. The van der Waals surface area contributed by atoms with Gasteiger partial charge in [0, 0.05) is 29.6 Å². The van der Waals surface area contributed by atoms with E-state index in [1.54, 1.807) is 36.8 Å². The lowest BCUT2D eigenvalue weighted by molar-refractivity contribution is -0.116. The van der Waals surface area contributed by atoms with Crippen LogP contribution < -0.4 is 5.32 Å². The van der Waals surface area contributed by atoms with Crippen molar-refractivity contribution in [2.75, 3.05) is 5.32 Å². The number of amides is 1. The first-order valence-corrected chi connectivity index (χ1v) is 6.03. The molecule has 0 spiro atoms. The number of benzene rings is 1. The minimum Gasteiger partial charge on any atom is -0.348 e. The van der Waals surface area contributed by atoms with Crippen molar-refractivity contribution in [2.24, 2.45) is 0 Å². The fourth-order valence-corrected chi connectivity index (χ4v) is 1.68. The number of nitrogens with one attached hydrogen (secondary N) is 2. The molecule has 0 aliphatic rings. The Morgan fingerprint density at radius 1 is 1.26 bits per heavy atom. The molecule has 19 heavy (non-hydrogen) atoms. The molecule has 0 unspecified atom stereocenters. The largest absolute Gasteiger partial charge is 0.348 e. The summed E-state index contributed by atoms with van der Waals surface area (Å²) in [5.41, 5.74) is 2.26. The Morgan fingerprint density at radius 3 is 2.58 bits per heavy atom. The number of ketones is 1. The second kappa shape index (κ2) is 5.95. The van der Waals surface area contributed by atoms with Crippen molar-refractivity contribution in [1.82, 2.24) is 9.97 Å². The van der Waals surface area contributed by atoms with E-state index in [-0.39, 0.29) is 11.7 Å². The molecule has 0 bridgehead atoms. The molecule has 0 radical (unpaired) electrons. The summed E-state index contributed by atoms with van der Waals surface area (Å²) in [6.07, 6.45) is 4.30. The van der Waals surface area contributed by atoms with Gasteiger partial charge in [-0.2, -0.15) is 0 Å². The van der Waals surface area contributed by atoms with Crippen LogP contribution in [0, 0.1) is 0 Å². The highest BCUT2D eigenvalue weighted by atomic mass is 16.1. The van der Waals surface area contributed by atoms with Crippen LogP contribution in [0.1, 0.15) is 29.4 Å². The second-order valence-corrected chi connectivity index (χ2v) is 4.26. The fraction of sp³-hybridized carbons (Fsp3) is 0.214. The van der Waals surface area contributed by atoms with E-state index >= 15 is 0 Å². The highest BCUT2D eigenvalue weighted by Gasteiger charge is 2.04. The van der Waals surface area contributed by atoms with Gasteiger partial charge in [-0.15, -0.1) is 0 Å². The monoisotopic (exact) mass is 257 g/mol. The molecule has 1 aromatic carbocycles. The molecule has 0 atom stereocenters. The van der Waals surface area contributed by atoms with Gasteiger partial charge in [0.25, 0.3) is 0 Å². The van der Waals surface area contributed by atoms with Crippen molar-refractivity contribution in [3.63, 3.8) is 0 Å². The van der Waals surface area contributed by atoms with Crippen LogP contribution in [-0.4, -0.2) is 21.7 Å². The minimum atomic E-state index is -0.0647. The van der Waals surface area contributed by atoms with Gasteiger partial charge in [0.15, 0.2) is 5.78 Å². The van der Waals surface area contributed by atoms with Crippen molar-refractivity contribution < 1.29 is 9.59 Å². The summed E-state index contributed by atoms with van der Waals surface area (Å²) in [5, 5.41) is 2.79. The average Bonchev–Trinajstić information content (AvgIpc) is 2.90. The van der Waals surface area contributed by atoms with E-state index in [2.05, 4.69) is 15.3 Å². The number of nitrogens with zero attached hydrogens (tertiary/aromatic N) is 1. The summed E-state index contributed by atoms with van der Waals surface area (Å²) >= 11 is 0. The summed E-state index contributed by atoms with van der Waals surface area (Å²) < 4.78 is 0. The molecule has 0 saturated heterocycles. The Balaban J connectivity index is 1.86.